The van der Waals surface area contributed by atoms with Gasteiger partial charge in [0.05, 0.1) is 12.2 Å². The number of amides is 1. The number of ether oxygens (including phenoxy) is 2. The number of fused-ring (bicyclic) bond motifs is 1. The van der Waals surface area contributed by atoms with Crippen LogP contribution in [0.25, 0.3) is 0 Å². The van der Waals surface area contributed by atoms with Crippen LogP contribution < -0.4 is 0 Å². The molecule has 1 heterocycles. The molecule has 0 radical (unpaired) electrons. The molecule has 1 aromatic carbocycles. The molecule has 0 saturated carbocycles. The fourth-order valence-electron chi connectivity index (χ4n) is 2.38. The van der Waals surface area contributed by atoms with E-state index in [0.717, 1.165) is 11.1 Å². The molecule has 0 unspecified atom stereocenters. The molecule has 0 N–H and O–H groups in total. The minimum atomic E-state index is -0.495. The third-order valence-electron chi connectivity index (χ3n) is 3.38. The predicted molar refractivity (Wildman–Crippen MR) is 82.7 cm³/mol. The van der Waals surface area contributed by atoms with Crippen LogP contribution in [-0.2, 0) is 22.4 Å². The van der Waals surface area contributed by atoms with Gasteiger partial charge >= 0.3 is 12.1 Å². The molecule has 1 aliphatic rings. The fourth-order valence-corrected chi connectivity index (χ4v) is 2.38. The first kappa shape index (κ1) is 16.3. The normalized spacial score (nSPS) is 14.3. The Morgan fingerprint density at radius 2 is 1.95 bits per heavy atom. The Morgan fingerprint density at radius 1 is 1.23 bits per heavy atom. The van der Waals surface area contributed by atoms with Gasteiger partial charge in [0.15, 0.2) is 0 Å². The molecule has 22 heavy (non-hydrogen) atoms. The van der Waals surface area contributed by atoms with Crippen LogP contribution in [0.3, 0.4) is 0 Å². The zero-order valence-corrected chi connectivity index (χ0v) is 13.6. The Morgan fingerprint density at radius 3 is 2.59 bits per heavy atom. The van der Waals surface area contributed by atoms with Crippen LogP contribution in [0.1, 0.15) is 49.2 Å². The van der Waals surface area contributed by atoms with E-state index < -0.39 is 5.60 Å². The molecule has 0 atom stereocenters. The first-order valence-corrected chi connectivity index (χ1v) is 7.57. The Bertz CT molecular complexity index is 575. The lowest BCUT2D eigenvalue weighted by molar-refractivity contribution is 0.0223. The van der Waals surface area contributed by atoms with Gasteiger partial charge in [-0.05, 0) is 57.4 Å². The number of hydrogen-bond donors (Lipinski definition) is 0. The number of nitrogens with zero attached hydrogens (tertiary/aromatic N) is 1. The number of esters is 1. The van der Waals surface area contributed by atoms with Gasteiger partial charge < -0.3 is 14.4 Å². The number of hydrogen-bond acceptors (Lipinski definition) is 4. The second-order valence-electron chi connectivity index (χ2n) is 6.36. The maximum absolute atomic E-state index is 12.1. The maximum Gasteiger partial charge on any atom is 0.410 e. The van der Waals surface area contributed by atoms with Gasteiger partial charge in [0, 0.05) is 13.1 Å². The van der Waals surface area contributed by atoms with Gasteiger partial charge in [0.25, 0.3) is 0 Å². The van der Waals surface area contributed by atoms with Crippen LogP contribution in [0.4, 0.5) is 4.79 Å². The Hall–Kier alpha value is -2.04. The van der Waals surface area contributed by atoms with Gasteiger partial charge in [0.2, 0.25) is 0 Å². The van der Waals surface area contributed by atoms with E-state index >= 15 is 0 Å². The van der Waals surface area contributed by atoms with Crippen LogP contribution in [0.5, 0.6) is 0 Å². The quantitative estimate of drug-likeness (QED) is 0.788. The first-order chi connectivity index (χ1) is 10.3. The zero-order chi connectivity index (χ0) is 16.3. The lowest BCUT2D eigenvalue weighted by Gasteiger charge is -2.31. The molecule has 5 heteroatoms. The SMILES string of the molecule is CCOC(=O)c1ccc2c(c1)CCN(C(=O)OC(C)(C)C)C2. The molecule has 0 fully saturated rings. The molecule has 0 aliphatic carbocycles. The van der Waals surface area contributed by atoms with E-state index in [4.69, 9.17) is 9.47 Å². The first-order valence-electron chi connectivity index (χ1n) is 7.57. The summed E-state index contributed by atoms with van der Waals surface area (Å²) in [6, 6.07) is 5.49. The van der Waals surface area contributed by atoms with Crippen molar-refractivity contribution < 1.29 is 19.1 Å². The van der Waals surface area contributed by atoms with Crippen molar-refractivity contribution in [1.82, 2.24) is 4.90 Å². The summed E-state index contributed by atoms with van der Waals surface area (Å²) in [5.41, 5.74) is 2.20. The molecule has 0 bridgehead atoms. The maximum atomic E-state index is 12.1. The van der Waals surface area contributed by atoms with Crippen LogP contribution in [0.15, 0.2) is 18.2 Å². The van der Waals surface area contributed by atoms with Crippen molar-refractivity contribution in [1.29, 1.82) is 0 Å². The van der Waals surface area contributed by atoms with E-state index in [1.807, 2.05) is 32.9 Å². The second-order valence-corrected chi connectivity index (χ2v) is 6.36. The van der Waals surface area contributed by atoms with E-state index in [1.165, 1.54) is 0 Å². The monoisotopic (exact) mass is 305 g/mol. The van der Waals surface area contributed by atoms with Crippen molar-refractivity contribution in [2.45, 2.75) is 46.3 Å². The molecular weight excluding hydrogens is 282 g/mol. The molecule has 0 saturated heterocycles. The van der Waals surface area contributed by atoms with E-state index in [2.05, 4.69) is 0 Å². The van der Waals surface area contributed by atoms with Crippen molar-refractivity contribution >= 4 is 12.1 Å². The summed E-state index contributed by atoms with van der Waals surface area (Å²) in [6.07, 6.45) is 0.412. The summed E-state index contributed by atoms with van der Waals surface area (Å²) in [6.45, 7) is 8.82. The standard InChI is InChI=1S/C17H23NO4/c1-5-21-15(19)13-6-7-14-11-18(9-8-12(14)10-13)16(20)22-17(2,3)4/h6-7,10H,5,8-9,11H2,1-4H3. The van der Waals surface area contributed by atoms with Crippen molar-refractivity contribution in [2.75, 3.05) is 13.2 Å². The van der Waals surface area contributed by atoms with Crippen LogP contribution in [0.2, 0.25) is 0 Å². The Kier molecular flexibility index (Phi) is 4.74. The van der Waals surface area contributed by atoms with Crippen LogP contribution in [-0.4, -0.2) is 35.7 Å². The highest BCUT2D eigenvalue weighted by molar-refractivity contribution is 5.89. The molecule has 0 aromatic heterocycles. The molecule has 1 aliphatic heterocycles. The smallest absolute Gasteiger partial charge is 0.410 e. The van der Waals surface area contributed by atoms with Gasteiger partial charge in [-0.1, -0.05) is 6.07 Å². The Balaban J connectivity index is 2.09. The van der Waals surface area contributed by atoms with E-state index in [0.29, 0.717) is 31.7 Å². The van der Waals surface area contributed by atoms with Gasteiger partial charge in [-0.2, -0.15) is 0 Å². The summed E-state index contributed by atoms with van der Waals surface area (Å²) in [4.78, 5) is 25.6. The van der Waals surface area contributed by atoms with E-state index in [-0.39, 0.29) is 12.1 Å². The van der Waals surface area contributed by atoms with E-state index in [9.17, 15) is 9.59 Å². The fraction of sp³-hybridized carbons (Fsp3) is 0.529. The molecular formula is C17H23NO4. The molecule has 5 nitrogen and oxygen atoms in total. The van der Waals surface area contributed by atoms with Gasteiger partial charge in [0.1, 0.15) is 5.60 Å². The molecule has 0 spiro atoms. The highest BCUT2D eigenvalue weighted by Gasteiger charge is 2.26. The molecule has 1 aromatic rings. The average molecular weight is 305 g/mol. The number of carbonyl (C=O) groups excluding carboxylic acids is 2. The number of rotatable bonds is 2. The minimum Gasteiger partial charge on any atom is -0.462 e. The van der Waals surface area contributed by atoms with Crippen molar-refractivity contribution in [3.8, 4) is 0 Å². The summed E-state index contributed by atoms with van der Waals surface area (Å²) in [5, 5.41) is 0. The minimum absolute atomic E-state index is 0.299. The highest BCUT2D eigenvalue weighted by Crippen LogP contribution is 2.22. The number of carbonyl (C=O) groups is 2. The third kappa shape index (κ3) is 4.00. The third-order valence-corrected chi connectivity index (χ3v) is 3.38. The van der Waals surface area contributed by atoms with Gasteiger partial charge in [-0.15, -0.1) is 0 Å². The van der Waals surface area contributed by atoms with Gasteiger partial charge in [-0.3, -0.25) is 0 Å². The molecule has 2 rings (SSSR count). The lowest BCUT2D eigenvalue weighted by atomic mass is 9.97. The topological polar surface area (TPSA) is 55.8 Å². The van der Waals surface area contributed by atoms with E-state index in [1.54, 1.807) is 17.9 Å². The number of benzene rings is 1. The summed E-state index contributed by atoms with van der Waals surface area (Å²) < 4.78 is 10.4. The van der Waals surface area contributed by atoms with Gasteiger partial charge in [-0.25, -0.2) is 9.59 Å². The summed E-state index contributed by atoms with van der Waals surface area (Å²) >= 11 is 0. The predicted octanol–water partition coefficient (Wildman–Crippen LogP) is 3.16. The molecule has 1 amide bonds. The van der Waals surface area contributed by atoms with Crippen molar-refractivity contribution in [3.63, 3.8) is 0 Å². The second kappa shape index (κ2) is 6.38. The Labute approximate surface area is 131 Å². The van der Waals surface area contributed by atoms with Crippen molar-refractivity contribution in [2.24, 2.45) is 0 Å². The summed E-state index contributed by atoms with van der Waals surface area (Å²) in [5.74, 6) is -0.306. The highest BCUT2D eigenvalue weighted by atomic mass is 16.6. The summed E-state index contributed by atoms with van der Waals surface area (Å²) in [7, 11) is 0. The molecule has 120 valence electrons. The average Bonchev–Trinajstić information content (AvgIpc) is 2.44. The largest absolute Gasteiger partial charge is 0.462 e. The zero-order valence-electron chi connectivity index (χ0n) is 13.6. The van der Waals surface area contributed by atoms with Crippen LogP contribution in [0, 0.1) is 0 Å². The van der Waals surface area contributed by atoms with Crippen LogP contribution >= 0.6 is 0 Å². The van der Waals surface area contributed by atoms with Crippen molar-refractivity contribution in [3.05, 3.63) is 34.9 Å². The lowest BCUT2D eigenvalue weighted by Crippen LogP contribution is -2.39.